The molecule has 0 radical (unpaired) electrons. The van der Waals surface area contributed by atoms with Crippen molar-refractivity contribution in [2.75, 3.05) is 14.2 Å². The first-order chi connectivity index (χ1) is 13.9. The van der Waals surface area contributed by atoms with Gasteiger partial charge in [-0.05, 0) is 19.1 Å². The molecule has 0 aliphatic carbocycles. The second-order valence-corrected chi connectivity index (χ2v) is 7.32. The lowest BCUT2D eigenvalue weighted by Gasteiger charge is -2.13. The van der Waals surface area contributed by atoms with Crippen LogP contribution in [0.25, 0.3) is 5.69 Å². The van der Waals surface area contributed by atoms with Crippen LogP contribution in [0.15, 0.2) is 45.1 Å². The van der Waals surface area contributed by atoms with Gasteiger partial charge in [0.15, 0.2) is 5.16 Å². The van der Waals surface area contributed by atoms with Crippen molar-refractivity contribution in [3.8, 4) is 11.4 Å². The van der Waals surface area contributed by atoms with Crippen molar-refractivity contribution in [2.24, 2.45) is 0 Å². The third kappa shape index (κ3) is 4.74. The number of H-pyrrole nitrogens is 2. The van der Waals surface area contributed by atoms with E-state index in [0.717, 1.165) is 0 Å². The number of nitrogens with zero attached hydrogens (tertiary/aromatic N) is 3. The highest BCUT2D eigenvalue weighted by Gasteiger charge is 2.22. The second kappa shape index (κ2) is 8.78. The molecule has 3 aromatic rings. The van der Waals surface area contributed by atoms with Crippen LogP contribution >= 0.6 is 11.8 Å². The molecule has 0 saturated carbocycles. The summed E-state index contributed by atoms with van der Waals surface area (Å²) in [5.74, 6) is 0.707. The normalized spacial score (nSPS) is 11.8. The fraction of sp³-hybridized carbons (Fsp3) is 0.278. The standard InChI is InChI=1S/C18H19N5O5S/c1-10(16(25)28-3)29-18-22-21-14(7-11-8-15(24)20-17(26)19-11)23(18)12-5-4-6-13(9-12)27-2/h4-6,8-10H,7H2,1-3H3,(H2,19,20,24,26)/t10-/m1/s1. The number of aromatic amines is 2. The minimum Gasteiger partial charge on any atom is -0.497 e. The summed E-state index contributed by atoms with van der Waals surface area (Å²) in [7, 11) is 2.88. The summed E-state index contributed by atoms with van der Waals surface area (Å²) in [6.45, 7) is 1.70. The van der Waals surface area contributed by atoms with Crippen molar-refractivity contribution < 1.29 is 14.3 Å². The number of aromatic nitrogens is 5. The monoisotopic (exact) mass is 417 g/mol. The predicted molar refractivity (Wildman–Crippen MR) is 106 cm³/mol. The number of carbonyl (C=O) groups is 1. The molecule has 10 nitrogen and oxygen atoms in total. The summed E-state index contributed by atoms with van der Waals surface area (Å²) in [6.07, 6.45) is 0.149. The van der Waals surface area contributed by atoms with Gasteiger partial charge in [-0.25, -0.2) is 4.79 Å². The molecule has 0 aliphatic heterocycles. The summed E-state index contributed by atoms with van der Waals surface area (Å²) >= 11 is 1.18. The quantitative estimate of drug-likeness (QED) is 0.428. The molecular formula is C18H19N5O5S. The van der Waals surface area contributed by atoms with Crippen molar-refractivity contribution in [3.63, 3.8) is 0 Å². The summed E-state index contributed by atoms with van der Waals surface area (Å²) in [6, 6.07) is 8.52. The minimum absolute atomic E-state index is 0.149. The van der Waals surface area contributed by atoms with Gasteiger partial charge in [-0.15, -0.1) is 10.2 Å². The van der Waals surface area contributed by atoms with E-state index in [9.17, 15) is 14.4 Å². The molecule has 0 amide bonds. The Bertz CT molecular complexity index is 1110. The zero-order chi connectivity index (χ0) is 21.0. The van der Waals surface area contributed by atoms with E-state index in [1.54, 1.807) is 30.7 Å². The molecule has 2 N–H and O–H groups in total. The summed E-state index contributed by atoms with van der Waals surface area (Å²) in [5, 5.41) is 8.34. The number of ether oxygens (including phenoxy) is 2. The third-order valence-electron chi connectivity index (χ3n) is 3.99. The molecule has 2 heterocycles. The smallest absolute Gasteiger partial charge is 0.325 e. The van der Waals surface area contributed by atoms with Crippen LogP contribution in [-0.4, -0.2) is 50.2 Å². The Labute approximate surface area is 169 Å². The van der Waals surface area contributed by atoms with Crippen molar-refractivity contribution in [1.82, 2.24) is 24.7 Å². The lowest BCUT2D eigenvalue weighted by Crippen LogP contribution is -2.23. The van der Waals surface area contributed by atoms with Crippen LogP contribution in [0.4, 0.5) is 0 Å². The number of thioether (sulfide) groups is 1. The first-order valence-corrected chi connectivity index (χ1v) is 9.45. The van der Waals surface area contributed by atoms with E-state index < -0.39 is 22.5 Å². The molecule has 0 unspecified atom stereocenters. The van der Waals surface area contributed by atoms with Gasteiger partial charge >= 0.3 is 11.7 Å². The molecule has 0 aliphatic rings. The van der Waals surface area contributed by atoms with Gasteiger partial charge in [-0.2, -0.15) is 0 Å². The van der Waals surface area contributed by atoms with E-state index in [4.69, 9.17) is 9.47 Å². The maximum atomic E-state index is 11.8. The molecule has 29 heavy (non-hydrogen) atoms. The van der Waals surface area contributed by atoms with Gasteiger partial charge in [0.05, 0.1) is 19.9 Å². The van der Waals surface area contributed by atoms with Crippen molar-refractivity contribution in [3.05, 3.63) is 62.7 Å². The molecule has 0 saturated heterocycles. The van der Waals surface area contributed by atoms with E-state index in [1.165, 1.54) is 24.9 Å². The van der Waals surface area contributed by atoms with Crippen LogP contribution in [0.1, 0.15) is 18.4 Å². The second-order valence-electron chi connectivity index (χ2n) is 6.01. The minimum atomic E-state index is -0.603. The number of carbonyl (C=O) groups excluding carboxylic acids is 1. The van der Waals surface area contributed by atoms with E-state index in [-0.39, 0.29) is 6.42 Å². The van der Waals surface area contributed by atoms with Crippen LogP contribution in [0.2, 0.25) is 0 Å². The largest absolute Gasteiger partial charge is 0.497 e. The topological polar surface area (TPSA) is 132 Å². The first kappa shape index (κ1) is 20.4. The number of benzene rings is 1. The average Bonchev–Trinajstić information content (AvgIpc) is 3.08. The van der Waals surface area contributed by atoms with Crippen LogP contribution < -0.4 is 16.0 Å². The van der Waals surface area contributed by atoms with Crippen molar-refractivity contribution in [2.45, 2.75) is 23.8 Å². The van der Waals surface area contributed by atoms with Gasteiger partial charge in [0, 0.05) is 24.2 Å². The molecule has 0 bridgehead atoms. The number of esters is 1. The SMILES string of the molecule is COC(=O)[C@@H](C)Sc1nnc(Cc2cc(=O)[nH]c(=O)[nH]2)n1-c1cccc(OC)c1. The number of methoxy groups -OCH3 is 2. The predicted octanol–water partition coefficient (Wildman–Crippen LogP) is 0.897. The molecule has 152 valence electrons. The molecule has 1 aromatic carbocycles. The molecule has 2 aromatic heterocycles. The Hall–Kier alpha value is -3.34. The van der Waals surface area contributed by atoms with Gasteiger partial charge in [-0.3, -0.25) is 19.1 Å². The summed E-state index contributed by atoms with van der Waals surface area (Å²) in [4.78, 5) is 39.7. The van der Waals surface area contributed by atoms with Gasteiger partial charge in [0.1, 0.15) is 16.8 Å². The van der Waals surface area contributed by atoms with Crippen molar-refractivity contribution >= 4 is 17.7 Å². The molecule has 0 spiro atoms. The molecule has 1 atom stereocenters. The fourth-order valence-electron chi connectivity index (χ4n) is 2.66. The first-order valence-electron chi connectivity index (χ1n) is 8.57. The Morgan fingerprint density at radius 2 is 2.00 bits per heavy atom. The number of hydrogen-bond acceptors (Lipinski definition) is 8. The number of rotatable bonds is 7. The van der Waals surface area contributed by atoms with Crippen LogP contribution in [0.3, 0.4) is 0 Å². The molecule has 0 fully saturated rings. The van der Waals surface area contributed by atoms with Gasteiger partial charge in [-0.1, -0.05) is 17.8 Å². The third-order valence-corrected chi connectivity index (χ3v) is 5.01. The number of hydrogen-bond donors (Lipinski definition) is 2. The maximum absolute atomic E-state index is 11.8. The molecule has 3 rings (SSSR count). The Morgan fingerprint density at radius 1 is 1.21 bits per heavy atom. The fourth-order valence-corrected chi connectivity index (χ4v) is 3.57. The number of nitrogens with one attached hydrogen (secondary N) is 2. The lowest BCUT2D eigenvalue weighted by atomic mass is 10.2. The van der Waals surface area contributed by atoms with Crippen molar-refractivity contribution in [1.29, 1.82) is 0 Å². The van der Waals surface area contributed by atoms with Crippen LogP contribution in [0, 0.1) is 0 Å². The highest BCUT2D eigenvalue weighted by molar-refractivity contribution is 8.00. The van der Waals surface area contributed by atoms with E-state index in [2.05, 4.69) is 20.2 Å². The van der Waals surface area contributed by atoms with Gasteiger partial charge in [0.25, 0.3) is 5.56 Å². The Kier molecular flexibility index (Phi) is 6.17. The Morgan fingerprint density at radius 3 is 2.69 bits per heavy atom. The summed E-state index contributed by atoms with van der Waals surface area (Å²) in [5.41, 5.74) is -0.0251. The lowest BCUT2D eigenvalue weighted by molar-refractivity contribution is -0.139. The summed E-state index contributed by atoms with van der Waals surface area (Å²) < 4.78 is 11.8. The zero-order valence-corrected chi connectivity index (χ0v) is 16.8. The van der Waals surface area contributed by atoms with E-state index in [0.29, 0.717) is 28.1 Å². The van der Waals surface area contributed by atoms with Gasteiger partial charge < -0.3 is 14.5 Å². The molecule has 11 heteroatoms. The van der Waals surface area contributed by atoms with Crippen LogP contribution in [-0.2, 0) is 16.0 Å². The van der Waals surface area contributed by atoms with Crippen LogP contribution in [0.5, 0.6) is 5.75 Å². The highest BCUT2D eigenvalue weighted by atomic mass is 32.2. The van der Waals surface area contributed by atoms with Gasteiger partial charge in [0.2, 0.25) is 0 Å². The zero-order valence-electron chi connectivity index (χ0n) is 16.0. The Balaban J connectivity index is 2.06. The average molecular weight is 417 g/mol. The molecular weight excluding hydrogens is 398 g/mol. The van der Waals surface area contributed by atoms with E-state index in [1.807, 2.05) is 12.1 Å². The highest BCUT2D eigenvalue weighted by Crippen LogP contribution is 2.28. The van der Waals surface area contributed by atoms with E-state index >= 15 is 0 Å². The maximum Gasteiger partial charge on any atom is 0.325 e.